The smallest absolute Gasteiger partial charge is 0.370 e. The molecule has 0 bridgehead atoms. The highest BCUT2D eigenvalue weighted by molar-refractivity contribution is 7.13. The Morgan fingerprint density at radius 2 is 1.85 bits per heavy atom. The number of hydrogen-bond donors (Lipinski definition) is 1. The van der Waals surface area contributed by atoms with Crippen molar-refractivity contribution in [3.63, 3.8) is 0 Å². The van der Waals surface area contributed by atoms with Gasteiger partial charge in [0.05, 0.1) is 28.0 Å². The summed E-state index contributed by atoms with van der Waals surface area (Å²) in [5.74, 6) is -0.920. The maximum Gasteiger partial charge on any atom is 0.417 e. The number of rotatable bonds is 4. The first kappa shape index (κ1) is 24.1. The molecule has 0 unspecified atom stereocenters. The molecular weight excluding hydrogens is 465 g/mol. The highest BCUT2D eigenvalue weighted by Crippen LogP contribution is 2.40. The second-order valence-electron chi connectivity index (χ2n) is 8.96. The maximum absolute atomic E-state index is 13.4. The molecule has 2 aromatic rings. The van der Waals surface area contributed by atoms with Crippen LogP contribution in [0.4, 0.5) is 18.9 Å². The third-order valence-corrected chi connectivity index (χ3v) is 7.90. The van der Waals surface area contributed by atoms with Crippen LogP contribution in [0.5, 0.6) is 0 Å². The van der Waals surface area contributed by atoms with Crippen LogP contribution in [-0.2, 0) is 11.0 Å². The third-order valence-electron chi connectivity index (χ3n) is 6.91. The first-order valence-electron chi connectivity index (χ1n) is 11.1. The Labute approximate surface area is 199 Å². The molecule has 2 amide bonds. The molecule has 0 spiro atoms. The molecule has 2 N–H and O–H groups in total. The van der Waals surface area contributed by atoms with Gasteiger partial charge >= 0.3 is 6.18 Å². The molecule has 3 heterocycles. The molecule has 1 aromatic heterocycles. The first-order chi connectivity index (χ1) is 16.1. The number of aryl methyl sites for hydroxylation is 1. The van der Waals surface area contributed by atoms with Crippen LogP contribution in [0.2, 0.25) is 0 Å². The minimum atomic E-state index is -4.65. The Morgan fingerprint density at radius 3 is 2.41 bits per heavy atom. The quantitative estimate of drug-likeness (QED) is 0.701. The molecule has 10 heteroatoms. The van der Waals surface area contributed by atoms with E-state index in [9.17, 15) is 22.8 Å². The number of nitrogens with two attached hydrogens (primary N) is 1. The fourth-order valence-electron chi connectivity index (χ4n) is 5.12. The molecule has 6 nitrogen and oxygen atoms in total. The van der Waals surface area contributed by atoms with Gasteiger partial charge in [0, 0.05) is 36.7 Å². The van der Waals surface area contributed by atoms with Crippen LogP contribution in [-0.4, -0.2) is 42.9 Å². The standard InChI is InChI=1S/C24H25F3N4O2S/c1-14-2-5-21(34-14)23(33)30-8-6-15(7-9-30)18-12-31(13-19(18)22(29)32)17-4-3-16(11-28)20(10-17)24(25,26)27/h2-5,10,15,18-19H,6-9,12-13H2,1H3,(H2,29,32)/t18-,19+/m0/s1. The third kappa shape index (κ3) is 4.75. The second-order valence-corrected chi connectivity index (χ2v) is 10.2. The number of nitrogens with zero attached hydrogens (tertiary/aromatic N) is 3. The molecule has 2 saturated heterocycles. The van der Waals surface area contributed by atoms with Crippen molar-refractivity contribution < 1.29 is 22.8 Å². The van der Waals surface area contributed by atoms with Crippen LogP contribution < -0.4 is 10.6 Å². The van der Waals surface area contributed by atoms with Crippen molar-refractivity contribution in [2.75, 3.05) is 31.1 Å². The Hall–Kier alpha value is -3.06. The fraction of sp³-hybridized carbons (Fsp3) is 0.458. The average molecular weight is 491 g/mol. The predicted molar refractivity (Wildman–Crippen MR) is 122 cm³/mol. The van der Waals surface area contributed by atoms with Gasteiger partial charge in [0.25, 0.3) is 5.91 Å². The number of nitriles is 1. The molecule has 2 aliphatic rings. The number of likely N-dealkylation sites (tertiary alicyclic amines) is 1. The van der Waals surface area contributed by atoms with E-state index in [2.05, 4.69) is 0 Å². The van der Waals surface area contributed by atoms with Crippen LogP contribution in [0.1, 0.15) is 38.5 Å². The minimum Gasteiger partial charge on any atom is -0.370 e. The number of thiophene rings is 1. The summed E-state index contributed by atoms with van der Waals surface area (Å²) in [6.07, 6.45) is -3.23. The largest absolute Gasteiger partial charge is 0.417 e. The summed E-state index contributed by atoms with van der Waals surface area (Å²) < 4.78 is 40.3. The topological polar surface area (TPSA) is 90.4 Å². The van der Waals surface area contributed by atoms with Crippen LogP contribution in [0.3, 0.4) is 0 Å². The van der Waals surface area contributed by atoms with Crippen LogP contribution in [0, 0.1) is 36.0 Å². The van der Waals surface area contributed by atoms with Gasteiger partial charge in [-0.1, -0.05) is 0 Å². The number of halogens is 3. The summed E-state index contributed by atoms with van der Waals surface area (Å²) in [6.45, 7) is 3.72. The van der Waals surface area contributed by atoms with Gasteiger partial charge in [0.1, 0.15) is 0 Å². The SMILES string of the molecule is Cc1ccc(C(=O)N2CCC([C@@H]3CN(c4ccc(C#N)c(C(F)(F)F)c4)C[C@H]3C(N)=O)CC2)s1. The Balaban J connectivity index is 1.48. The number of alkyl halides is 3. The molecular formula is C24H25F3N4O2S. The zero-order valence-corrected chi connectivity index (χ0v) is 19.5. The summed E-state index contributed by atoms with van der Waals surface area (Å²) in [5.41, 5.74) is 4.58. The second kappa shape index (κ2) is 9.29. The number of carbonyl (C=O) groups excluding carboxylic acids is 2. The monoisotopic (exact) mass is 490 g/mol. The average Bonchev–Trinajstić information content (AvgIpc) is 3.45. The summed E-state index contributed by atoms with van der Waals surface area (Å²) in [5, 5.41) is 9.05. The number of primary amides is 1. The molecule has 4 rings (SSSR count). The van der Waals surface area contributed by atoms with Crippen LogP contribution in [0.15, 0.2) is 30.3 Å². The zero-order valence-electron chi connectivity index (χ0n) is 18.6. The van der Waals surface area contributed by atoms with E-state index >= 15 is 0 Å². The predicted octanol–water partition coefficient (Wildman–Crippen LogP) is 4.04. The lowest BCUT2D eigenvalue weighted by Gasteiger charge is -2.36. The highest BCUT2D eigenvalue weighted by atomic mass is 32.1. The molecule has 180 valence electrons. The van der Waals surface area contributed by atoms with E-state index in [1.54, 1.807) is 11.0 Å². The van der Waals surface area contributed by atoms with Gasteiger partial charge in [-0.2, -0.15) is 18.4 Å². The van der Waals surface area contributed by atoms with Gasteiger partial charge in [-0.05, 0) is 61.9 Å². The van der Waals surface area contributed by atoms with Gasteiger partial charge in [0.2, 0.25) is 5.91 Å². The van der Waals surface area contributed by atoms with E-state index in [0.717, 1.165) is 10.9 Å². The zero-order chi connectivity index (χ0) is 24.6. The van der Waals surface area contributed by atoms with Gasteiger partial charge in [0.15, 0.2) is 0 Å². The molecule has 2 atom stereocenters. The van der Waals surface area contributed by atoms with Crippen molar-refractivity contribution in [2.45, 2.75) is 25.9 Å². The fourth-order valence-corrected chi connectivity index (χ4v) is 5.95. The lowest BCUT2D eigenvalue weighted by atomic mass is 9.78. The summed E-state index contributed by atoms with van der Waals surface area (Å²) in [6, 6.07) is 8.97. The van der Waals surface area contributed by atoms with E-state index in [0.29, 0.717) is 43.0 Å². The van der Waals surface area contributed by atoms with E-state index in [-0.39, 0.29) is 24.3 Å². The molecule has 1 aromatic carbocycles. The van der Waals surface area contributed by atoms with Gasteiger partial charge in [-0.3, -0.25) is 9.59 Å². The van der Waals surface area contributed by atoms with E-state index in [1.165, 1.54) is 23.5 Å². The highest BCUT2D eigenvalue weighted by Gasteiger charge is 2.43. The lowest BCUT2D eigenvalue weighted by Crippen LogP contribution is -2.42. The Morgan fingerprint density at radius 1 is 1.15 bits per heavy atom. The summed E-state index contributed by atoms with van der Waals surface area (Å²) in [4.78, 5) is 30.3. The Bertz CT molecular complexity index is 1130. The number of amides is 2. The lowest BCUT2D eigenvalue weighted by molar-refractivity contribution is -0.137. The van der Waals surface area contributed by atoms with E-state index < -0.39 is 29.1 Å². The minimum absolute atomic E-state index is 0.00770. The van der Waals surface area contributed by atoms with Crippen molar-refractivity contribution in [3.8, 4) is 6.07 Å². The number of benzene rings is 1. The van der Waals surface area contributed by atoms with Gasteiger partial charge in [-0.25, -0.2) is 0 Å². The molecule has 0 radical (unpaired) electrons. The van der Waals surface area contributed by atoms with Gasteiger partial charge in [-0.15, -0.1) is 11.3 Å². The van der Waals surface area contributed by atoms with Crippen molar-refractivity contribution in [3.05, 3.63) is 51.2 Å². The van der Waals surface area contributed by atoms with Crippen LogP contribution in [0.25, 0.3) is 0 Å². The molecule has 34 heavy (non-hydrogen) atoms. The molecule has 0 aliphatic carbocycles. The number of carbonyl (C=O) groups is 2. The Kier molecular flexibility index (Phi) is 6.58. The van der Waals surface area contributed by atoms with Crippen LogP contribution >= 0.6 is 11.3 Å². The summed E-state index contributed by atoms with van der Waals surface area (Å²) >= 11 is 1.46. The van der Waals surface area contributed by atoms with E-state index in [1.807, 2.05) is 24.0 Å². The number of anilines is 1. The maximum atomic E-state index is 13.4. The molecule has 0 saturated carbocycles. The first-order valence-corrected chi connectivity index (χ1v) is 11.9. The van der Waals surface area contributed by atoms with Crippen molar-refractivity contribution >= 4 is 28.8 Å². The van der Waals surface area contributed by atoms with Crippen molar-refractivity contribution in [1.29, 1.82) is 5.26 Å². The summed E-state index contributed by atoms with van der Waals surface area (Å²) in [7, 11) is 0. The van der Waals surface area contributed by atoms with E-state index in [4.69, 9.17) is 11.0 Å². The number of piperidine rings is 1. The van der Waals surface area contributed by atoms with Gasteiger partial charge < -0.3 is 15.5 Å². The van der Waals surface area contributed by atoms with Crippen molar-refractivity contribution in [2.24, 2.45) is 23.5 Å². The normalized spacial score (nSPS) is 21.5. The molecule has 2 fully saturated rings. The number of hydrogen-bond acceptors (Lipinski definition) is 5. The van der Waals surface area contributed by atoms with Crippen molar-refractivity contribution in [1.82, 2.24) is 4.90 Å². The molecule has 2 aliphatic heterocycles.